The summed E-state index contributed by atoms with van der Waals surface area (Å²) in [6.45, 7) is 12.7. The Morgan fingerprint density at radius 3 is 2.16 bits per heavy atom. The van der Waals surface area contributed by atoms with Crippen molar-refractivity contribution in [1.29, 1.82) is 0 Å². The van der Waals surface area contributed by atoms with Gasteiger partial charge in [-0.1, -0.05) is 107 Å². The fraction of sp³-hybridized carbons (Fsp3) is 0.200. The van der Waals surface area contributed by atoms with Crippen molar-refractivity contribution in [2.45, 2.75) is 59.3 Å². The molecule has 0 atom stereocenters. The Morgan fingerprint density at radius 1 is 0.745 bits per heavy atom. The van der Waals surface area contributed by atoms with E-state index < -0.39 is 5.89 Å². The van der Waals surface area contributed by atoms with Gasteiger partial charge in [0.25, 0.3) is 0 Å². The van der Waals surface area contributed by atoms with Crippen molar-refractivity contribution in [1.82, 2.24) is 14.5 Å². The Labute approximate surface area is 319 Å². The van der Waals surface area contributed by atoms with Gasteiger partial charge in [-0.05, 0) is 68.9 Å². The zero-order valence-electron chi connectivity index (χ0n) is 30.6. The number of nitrogens with zero attached hydrogens (tertiary/aromatic N) is 3. The van der Waals surface area contributed by atoms with E-state index in [4.69, 9.17) is 6.35 Å². The van der Waals surface area contributed by atoms with Gasteiger partial charge in [-0.25, -0.2) is 4.39 Å². The van der Waals surface area contributed by atoms with Gasteiger partial charge in [0.15, 0.2) is 0 Å². The van der Waals surface area contributed by atoms with E-state index in [0.717, 1.165) is 54.7 Å². The van der Waals surface area contributed by atoms with Gasteiger partial charge in [0.2, 0.25) is 0 Å². The average molecular weight is 867 g/mol. The van der Waals surface area contributed by atoms with Crippen LogP contribution in [0.25, 0.3) is 59.5 Å². The minimum Gasteiger partial charge on any atom is -0.333 e. The van der Waals surface area contributed by atoms with E-state index in [1.165, 1.54) is 34.2 Å². The number of imidazole rings is 1. The number of pyridine rings is 1. The maximum absolute atomic E-state index is 14.7. The standard InChI is InChI=1S/C31H26FN2S.C14H14N.Ir/c1-18(2)20-10-7-11-21(19(3)4)28(20)34-27-17-6-5-16-26(27)33-31(34)24-14-8-12-22-23-13-9-15-25(32)30(23)35-29(22)24;1-11(2)13-8-9-15-14(10-13)12-6-4-3-5-7-12;/h5-13,15-19H,1-4H3;3-6,8-11H,1-2H3;/q2*-1;/i;11D;. The summed E-state index contributed by atoms with van der Waals surface area (Å²) in [5, 5.41) is 1.98. The summed E-state index contributed by atoms with van der Waals surface area (Å²) < 4.78 is 26.7. The molecule has 0 bridgehead atoms. The molecule has 1 radical (unpaired) electrons. The van der Waals surface area contributed by atoms with Crippen LogP contribution in [0.4, 0.5) is 4.39 Å². The molecule has 0 N–H and O–H groups in total. The van der Waals surface area contributed by atoms with Gasteiger partial charge in [-0.3, -0.25) is 4.98 Å². The van der Waals surface area contributed by atoms with Gasteiger partial charge in [0.05, 0.1) is 21.6 Å². The van der Waals surface area contributed by atoms with Crippen LogP contribution in [0.2, 0.25) is 0 Å². The third-order valence-corrected chi connectivity index (χ3v) is 10.3. The van der Waals surface area contributed by atoms with E-state index in [9.17, 15) is 4.39 Å². The van der Waals surface area contributed by atoms with Crippen molar-refractivity contribution in [2.24, 2.45) is 0 Å². The number of hydrogen-bond acceptors (Lipinski definition) is 3. The number of hydrogen-bond donors (Lipinski definition) is 0. The first-order valence-electron chi connectivity index (χ1n) is 17.6. The Morgan fingerprint density at radius 2 is 1.45 bits per heavy atom. The summed E-state index contributed by atoms with van der Waals surface area (Å²) >= 11 is 1.48. The average Bonchev–Trinajstić information content (AvgIpc) is 3.71. The van der Waals surface area contributed by atoms with Crippen LogP contribution in [-0.4, -0.2) is 14.5 Å². The van der Waals surface area contributed by atoms with Crippen LogP contribution in [0.15, 0.2) is 115 Å². The number of thiophene rings is 1. The van der Waals surface area contributed by atoms with Crippen molar-refractivity contribution >= 4 is 42.5 Å². The van der Waals surface area contributed by atoms with Crippen molar-refractivity contribution in [3.8, 4) is 28.3 Å². The van der Waals surface area contributed by atoms with Crippen LogP contribution in [0.3, 0.4) is 0 Å². The molecule has 0 amide bonds. The zero-order chi connectivity index (χ0) is 35.9. The molecular weight excluding hydrogens is 826 g/mol. The fourth-order valence-electron chi connectivity index (χ4n) is 6.53. The van der Waals surface area contributed by atoms with Crippen LogP contribution in [0, 0.1) is 17.9 Å². The molecule has 0 fully saturated rings. The van der Waals surface area contributed by atoms with E-state index in [0.29, 0.717) is 16.5 Å². The van der Waals surface area contributed by atoms with Crippen LogP contribution >= 0.6 is 11.3 Å². The summed E-state index contributed by atoms with van der Waals surface area (Å²) in [4.78, 5) is 9.46. The maximum atomic E-state index is 14.7. The van der Waals surface area contributed by atoms with Gasteiger partial charge >= 0.3 is 0 Å². The Hall–Kier alpha value is -4.48. The first-order chi connectivity index (χ1) is 24.5. The van der Waals surface area contributed by atoms with Gasteiger partial charge in [0, 0.05) is 33.4 Å². The van der Waals surface area contributed by atoms with Gasteiger partial charge < -0.3 is 9.55 Å². The van der Waals surface area contributed by atoms with Crippen LogP contribution < -0.4 is 0 Å². The topological polar surface area (TPSA) is 30.7 Å². The van der Waals surface area contributed by atoms with Crippen molar-refractivity contribution in [3.05, 3.63) is 150 Å². The normalized spacial score (nSPS) is 11.9. The van der Waals surface area contributed by atoms with E-state index >= 15 is 0 Å². The minimum atomic E-state index is -0.591. The Kier molecular flexibility index (Phi) is 10.6. The molecule has 0 unspecified atom stereocenters. The molecule has 259 valence electrons. The molecule has 0 aliphatic heterocycles. The van der Waals surface area contributed by atoms with Crippen molar-refractivity contribution in [3.63, 3.8) is 0 Å². The second-order valence-electron chi connectivity index (χ2n) is 13.4. The van der Waals surface area contributed by atoms with Crippen LogP contribution in [-0.2, 0) is 20.1 Å². The molecule has 8 rings (SSSR count). The molecule has 6 heteroatoms. The fourth-order valence-corrected chi connectivity index (χ4v) is 7.72. The molecule has 0 saturated heterocycles. The molecule has 3 nitrogen and oxygen atoms in total. The van der Waals surface area contributed by atoms with Gasteiger partial charge in [-0.2, -0.15) is 11.3 Å². The first-order valence-corrected chi connectivity index (χ1v) is 17.9. The van der Waals surface area contributed by atoms with E-state index in [1.807, 2.05) is 74.5 Å². The van der Waals surface area contributed by atoms with Crippen molar-refractivity contribution < 1.29 is 25.9 Å². The second kappa shape index (κ2) is 15.4. The SMILES string of the molecule is CC(C)c1cccc(C(C)C)c1-n1c(-c2[c-]ccc3c2sc2c(F)cccc23)nc2ccccc21.[2H]C(C)(C)c1ccnc(-c2[c-]cccc2)c1.[Ir]. The number of aromatic nitrogens is 3. The molecule has 0 aliphatic rings. The third kappa shape index (κ3) is 7.06. The zero-order valence-corrected chi connectivity index (χ0v) is 32.8. The molecule has 0 spiro atoms. The summed E-state index contributed by atoms with van der Waals surface area (Å²) in [6, 6.07) is 42.4. The molecule has 0 saturated carbocycles. The van der Waals surface area contributed by atoms with Crippen LogP contribution in [0.1, 0.15) is 77.3 Å². The molecule has 5 aromatic carbocycles. The predicted molar refractivity (Wildman–Crippen MR) is 209 cm³/mol. The number of benzene rings is 5. The van der Waals surface area contributed by atoms with Gasteiger partial charge in [-0.15, -0.1) is 54.1 Å². The smallest absolute Gasteiger partial charge is 0.140 e. The van der Waals surface area contributed by atoms with E-state index in [2.05, 4.69) is 85.8 Å². The molecule has 3 aromatic heterocycles. The van der Waals surface area contributed by atoms with Crippen LogP contribution in [0.5, 0.6) is 0 Å². The maximum Gasteiger partial charge on any atom is 0.140 e. The molecule has 3 heterocycles. The van der Waals surface area contributed by atoms with Gasteiger partial charge in [0.1, 0.15) is 5.82 Å². The predicted octanol–water partition coefficient (Wildman–Crippen LogP) is 12.9. The third-order valence-electron chi connectivity index (χ3n) is 9.08. The molecular formula is C45H40FIrN3S-2. The van der Waals surface area contributed by atoms with E-state index in [1.54, 1.807) is 12.3 Å². The summed E-state index contributed by atoms with van der Waals surface area (Å²) in [6.07, 6.45) is 1.75. The molecule has 0 aliphatic carbocycles. The number of para-hydroxylation sites is 3. The summed E-state index contributed by atoms with van der Waals surface area (Å²) in [7, 11) is 0. The summed E-state index contributed by atoms with van der Waals surface area (Å²) in [5.74, 6) is 0.757. The number of fused-ring (bicyclic) bond motifs is 4. The second-order valence-corrected chi connectivity index (χ2v) is 14.4. The monoisotopic (exact) mass is 867 g/mol. The quantitative estimate of drug-likeness (QED) is 0.156. The molecule has 51 heavy (non-hydrogen) atoms. The minimum absolute atomic E-state index is 0. The van der Waals surface area contributed by atoms with E-state index in [-0.39, 0.29) is 25.9 Å². The molecule has 8 aromatic rings. The van der Waals surface area contributed by atoms with Crippen molar-refractivity contribution in [2.75, 3.05) is 0 Å². The Bertz CT molecular complexity index is 2470. The number of rotatable bonds is 6. The Balaban J connectivity index is 0.000000230. The first kappa shape index (κ1) is 34.9. The largest absolute Gasteiger partial charge is 0.333 e. The summed E-state index contributed by atoms with van der Waals surface area (Å²) in [5.41, 5.74) is 9.49. The number of halogens is 1.